The number of rotatable bonds is 6. The highest BCUT2D eigenvalue weighted by molar-refractivity contribution is 6.31. The number of ether oxygens (including phenoxy) is 1. The fourth-order valence-electron chi connectivity index (χ4n) is 2.02. The van der Waals surface area contributed by atoms with Gasteiger partial charge in [0.15, 0.2) is 5.75 Å². The van der Waals surface area contributed by atoms with Crippen LogP contribution in [0.15, 0.2) is 30.6 Å². The number of hydrogen-bond acceptors (Lipinski definition) is 3. The molecule has 0 aliphatic carbocycles. The van der Waals surface area contributed by atoms with Gasteiger partial charge in [0.05, 0.1) is 12.4 Å². The number of hydrogen-bond donors (Lipinski definition) is 1. The van der Waals surface area contributed by atoms with Gasteiger partial charge in [-0.15, -0.1) is 0 Å². The molecule has 1 heterocycles. The molecule has 0 fully saturated rings. The third kappa shape index (κ3) is 3.99. The maximum atomic E-state index is 6.30. The van der Waals surface area contributed by atoms with Crippen molar-refractivity contribution in [1.29, 1.82) is 0 Å². The Kier molecular flexibility index (Phi) is 5.26. The molecule has 5 heteroatoms. The van der Waals surface area contributed by atoms with Gasteiger partial charge in [-0.25, -0.2) is 0 Å². The molecule has 2 aromatic rings. The molecule has 0 amide bonds. The van der Waals surface area contributed by atoms with Crippen molar-refractivity contribution in [2.24, 2.45) is 5.73 Å². The van der Waals surface area contributed by atoms with Crippen LogP contribution in [-0.2, 0) is 6.42 Å². The number of benzene rings is 1. The summed E-state index contributed by atoms with van der Waals surface area (Å²) in [7, 11) is 0. The van der Waals surface area contributed by atoms with Crippen molar-refractivity contribution in [3.05, 3.63) is 41.2 Å². The highest BCUT2D eigenvalue weighted by Crippen LogP contribution is 2.31. The molecule has 1 aromatic heterocycles. The van der Waals surface area contributed by atoms with E-state index in [-0.39, 0.29) is 6.04 Å². The maximum Gasteiger partial charge on any atom is 0.165 e. The molecule has 21 heavy (non-hydrogen) atoms. The van der Waals surface area contributed by atoms with E-state index in [1.165, 1.54) is 0 Å². The number of nitrogens with two attached hydrogens (primary N) is 1. The van der Waals surface area contributed by atoms with Crippen LogP contribution in [0.1, 0.15) is 38.8 Å². The van der Waals surface area contributed by atoms with E-state index >= 15 is 0 Å². The fraction of sp³-hybridized carbons (Fsp3) is 0.438. The Morgan fingerprint density at radius 3 is 2.76 bits per heavy atom. The van der Waals surface area contributed by atoms with Crippen LogP contribution in [0.2, 0.25) is 5.02 Å². The van der Waals surface area contributed by atoms with Crippen molar-refractivity contribution in [2.75, 3.05) is 0 Å². The van der Waals surface area contributed by atoms with Gasteiger partial charge in [0.2, 0.25) is 0 Å². The van der Waals surface area contributed by atoms with Gasteiger partial charge in [0.1, 0.15) is 5.75 Å². The summed E-state index contributed by atoms with van der Waals surface area (Å²) in [5.74, 6) is 1.45. The Bertz CT molecular complexity index is 595. The van der Waals surface area contributed by atoms with Crippen LogP contribution in [0.25, 0.3) is 0 Å². The van der Waals surface area contributed by atoms with Gasteiger partial charge in [-0.3, -0.25) is 4.68 Å². The quantitative estimate of drug-likeness (QED) is 0.870. The lowest BCUT2D eigenvalue weighted by Gasteiger charge is -2.15. The lowest BCUT2D eigenvalue weighted by molar-refractivity contribution is 0.468. The summed E-state index contributed by atoms with van der Waals surface area (Å²) in [6, 6.07) is 6.03. The third-order valence-electron chi connectivity index (χ3n) is 3.40. The first-order valence-corrected chi connectivity index (χ1v) is 7.64. The molecule has 0 saturated heterocycles. The van der Waals surface area contributed by atoms with Crippen LogP contribution in [0.5, 0.6) is 11.5 Å². The molecule has 4 nitrogen and oxygen atoms in total. The molecule has 0 radical (unpaired) electrons. The minimum Gasteiger partial charge on any atom is -0.454 e. The average Bonchev–Trinajstić information content (AvgIpc) is 2.91. The lowest BCUT2D eigenvalue weighted by Crippen LogP contribution is -2.21. The SMILES string of the molecule is CCC(N)Cc1c(Cl)cccc1Oc1cnn(C(C)C)c1. The molecule has 0 aliphatic rings. The molecule has 1 aromatic carbocycles. The first-order valence-electron chi connectivity index (χ1n) is 7.26. The summed E-state index contributed by atoms with van der Waals surface area (Å²) in [4.78, 5) is 0. The fourth-order valence-corrected chi connectivity index (χ4v) is 2.26. The second-order valence-electron chi connectivity index (χ2n) is 5.44. The van der Waals surface area contributed by atoms with E-state index in [0.29, 0.717) is 23.2 Å². The number of nitrogens with zero attached hydrogens (tertiary/aromatic N) is 2. The predicted molar refractivity (Wildman–Crippen MR) is 86.1 cm³/mol. The smallest absolute Gasteiger partial charge is 0.165 e. The maximum absolute atomic E-state index is 6.30. The van der Waals surface area contributed by atoms with Crippen LogP contribution in [0, 0.1) is 0 Å². The molecule has 2 N–H and O–H groups in total. The summed E-state index contributed by atoms with van der Waals surface area (Å²) in [5.41, 5.74) is 7.00. The van der Waals surface area contributed by atoms with E-state index in [1.54, 1.807) is 6.20 Å². The highest BCUT2D eigenvalue weighted by Gasteiger charge is 2.13. The topological polar surface area (TPSA) is 53.1 Å². The van der Waals surface area contributed by atoms with Crippen LogP contribution >= 0.6 is 11.6 Å². The monoisotopic (exact) mass is 307 g/mol. The van der Waals surface area contributed by atoms with Crippen LogP contribution in [-0.4, -0.2) is 15.8 Å². The number of aromatic nitrogens is 2. The Labute approximate surface area is 130 Å². The van der Waals surface area contributed by atoms with Crippen molar-refractivity contribution in [3.8, 4) is 11.5 Å². The van der Waals surface area contributed by atoms with Crippen molar-refractivity contribution >= 4 is 11.6 Å². The first kappa shape index (κ1) is 15.9. The molecule has 0 saturated carbocycles. The summed E-state index contributed by atoms with van der Waals surface area (Å²) >= 11 is 6.30. The molecular formula is C16H22ClN3O. The summed E-state index contributed by atoms with van der Waals surface area (Å²) < 4.78 is 7.80. The molecule has 0 spiro atoms. The molecule has 0 bridgehead atoms. The highest BCUT2D eigenvalue weighted by atomic mass is 35.5. The van der Waals surface area contributed by atoms with E-state index in [0.717, 1.165) is 17.7 Å². The predicted octanol–water partition coefficient (Wildman–Crippen LogP) is 4.19. The minimum absolute atomic E-state index is 0.0747. The first-order chi connectivity index (χ1) is 10.0. The molecular weight excluding hydrogens is 286 g/mol. The second kappa shape index (κ2) is 6.96. The van der Waals surface area contributed by atoms with Gasteiger partial charge >= 0.3 is 0 Å². The van der Waals surface area contributed by atoms with Gasteiger partial charge < -0.3 is 10.5 Å². The van der Waals surface area contributed by atoms with Gasteiger partial charge in [0.25, 0.3) is 0 Å². The van der Waals surface area contributed by atoms with E-state index < -0.39 is 0 Å². The Morgan fingerprint density at radius 1 is 1.38 bits per heavy atom. The summed E-state index contributed by atoms with van der Waals surface area (Å²) in [6.07, 6.45) is 5.19. The summed E-state index contributed by atoms with van der Waals surface area (Å²) in [5, 5.41) is 4.96. The normalized spacial score (nSPS) is 12.7. The van der Waals surface area contributed by atoms with Gasteiger partial charge in [-0.2, -0.15) is 5.10 Å². The summed E-state index contributed by atoms with van der Waals surface area (Å²) in [6.45, 7) is 6.21. The largest absolute Gasteiger partial charge is 0.454 e. The Hall–Kier alpha value is -1.52. The van der Waals surface area contributed by atoms with Crippen molar-refractivity contribution in [2.45, 2.75) is 45.7 Å². The van der Waals surface area contributed by atoms with Crippen molar-refractivity contribution in [3.63, 3.8) is 0 Å². The molecule has 0 aliphatic heterocycles. The van der Waals surface area contributed by atoms with Crippen LogP contribution in [0.3, 0.4) is 0 Å². The van der Waals surface area contributed by atoms with Gasteiger partial charge in [0, 0.05) is 22.7 Å². The van der Waals surface area contributed by atoms with Gasteiger partial charge in [-0.1, -0.05) is 24.6 Å². The molecule has 2 rings (SSSR count). The van der Waals surface area contributed by atoms with Gasteiger partial charge in [-0.05, 0) is 38.8 Å². The van der Waals surface area contributed by atoms with Crippen LogP contribution < -0.4 is 10.5 Å². The Morgan fingerprint density at radius 2 is 2.14 bits per heavy atom. The van der Waals surface area contributed by atoms with Crippen molar-refractivity contribution < 1.29 is 4.74 Å². The third-order valence-corrected chi connectivity index (χ3v) is 3.76. The second-order valence-corrected chi connectivity index (χ2v) is 5.85. The van der Waals surface area contributed by atoms with Crippen molar-refractivity contribution in [1.82, 2.24) is 9.78 Å². The molecule has 114 valence electrons. The zero-order chi connectivity index (χ0) is 15.4. The minimum atomic E-state index is 0.0747. The standard InChI is InChI=1S/C16H22ClN3O/c1-4-12(18)8-14-15(17)6-5-7-16(14)21-13-9-19-20(10-13)11(2)3/h5-7,9-12H,4,8,18H2,1-3H3. The van der Waals surface area contributed by atoms with Crippen LogP contribution in [0.4, 0.5) is 0 Å². The van der Waals surface area contributed by atoms with E-state index in [1.807, 2.05) is 29.1 Å². The number of halogens is 1. The Balaban J connectivity index is 2.24. The van der Waals surface area contributed by atoms with E-state index in [4.69, 9.17) is 22.1 Å². The lowest BCUT2D eigenvalue weighted by atomic mass is 10.0. The van der Waals surface area contributed by atoms with E-state index in [9.17, 15) is 0 Å². The zero-order valence-electron chi connectivity index (χ0n) is 12.7. The molecule has 1 atom stereocenters. The van der Waals surface area contributed by atoms with E-state index in [2.05, 4.69) is 25.9 Å². The molecule has 1 unspecified atom stereocenters. The zero-order valence-corrected chi connectivity index (χ0v) is 13.5. The average molecular weight is 308 g/mol.